The quantitative estimate of drug-likeness (QED) is 0.686. The van der Waals surface area contributed by atoms with Crippen LogP contribution in [0.5, 0.6) is 0 Å². The van der Waals surface area contributed by atoms with E-state index in [1.165, 1.54) is 15.9 Å². The Hall–Kier alpha value is -1.47. The third-order valence-electron chi connectivity index (χ3n) is 3.04. The molecule has 0 saturated heterocycles. The van der Waals surface area contributed by atoms with E-state index in [1.807, 2.05) is 0 Å². The average molecular weight is 381 g/mol. The van der Waals surface area contributed by atoms with Crippen LogP contribution in [0.4, 0.5) is 0 Å². The Morgan fingerprint density at radius 3 is 1.00 bits per heavy atom. The van der Waals surface area contributed by atoms with Crippen LogP contribution in [0.25, 0.3) is 0 Å². The van der Waals surface area contributed by atoms with Crippen LogP contribution in [0.1, 0.15) is 0 Å². The van der Waals surface area contributed by atoms with Crippen LogP contribution in [-0.2, 0) is 4.57 Å². The normalized spacial score (nSPS) is 9.83. The molecule has 24 heavy (non-hydrogen) atoms. The Kier molecular flexibility index (Phi) is 9.56. The van der Waals surface area contributed by atoms with Gasteiger partial charge in [0.2, 0.25) is 0 Å². The SMILES string of the molecule is Cl.O=[PH](O)O.c1ccc(P(c2ccccc2)c2ccccc2)cc1. The predicted octanol–water partition coefficient (Wildman–Crippen LogP) is 3.23. The van der Waals surface area contributed by atoms with Gasteiger partial charge in [0.25, 0.3) is 0 Å². The molecule has 6 heteroatoms. The summed E-state index contributed by atoms with van der Waals surface area (Å²) in [5.74, 6) is 0. The van der Waals surface area contributed by atoms with Crippen molar-refractivity contribution < 1.29 is 14.4 Å². The molecule has 0 unspecified atom stereocenters. The van der Waals surface area contributed by atoms with Gasteiger partial charge in [0.1, 0.15) is 0 Å². The highest BCUT2D eigenvalue weighted by Gasteiger charge is 2.14. The zero-order chi connectivity index (χ0) is 16.5. The largest absolute Gasteiger partial charge is 0.326 e. The molecule has 0 aliphatic heterocycles. The van der Waals surface area contributed by atoms with Crippen LogP contribution in [0.2, 0.25) is 0 Å². The molecule has 3 nitrogen and oxygen atoms in total. The Morgan fingerprint density at radius 2 is 0.792 bits per heavy atom. The van der Waals surface area contributed by atoms with E-state index in [9.17, 15) is 0 Å². The number of hydrogen-bond acceptors (Lipinski definition) is 1. The summed E-state index contributed by atoms with van der Waals surface area (Å²) in [7, 11) is -3.58. The molecule has 3 rings (SSSR count). The van der Waals surface area contributed by atoms with E-state index in [1.54, 1.807) is 0 Å². The van der Waals surface area contributed by atoms with Crippen molar-refractivity contribution >= 4 is 44.5 Å². The minimum absolute atomic E-state index is 0. The first kappa shape index (κ1) is 20.6. The maximum atomic E-state index is 8.74. The maximum absolute atomic E-state index is 8.74. The van der Waals surface area contributed by atoms with E-state index < -0.39 is 16.2 Å². The van der Waals surface area contributed by atoms with E-state index in [4.69, 9.17) is 14.4 Å². The van der Waals surface area contributed by atoms with Crippen molar-refractivity contribution in [1.29, 1.82) is 0 Å². The van der Waals surface area contributed by atoms with Gasteiger partial charge in [-0.2, -0.15) is 0 Å². The van der Waals surface area contributed by atoms with Crippen molar-refractivity contribution in [2.24, 2.45) is 0 Å². The minimum atomic E-state index is -3.13. The summed E-state index contributed by atoms with van der Waals surface area (Å²) in [4.78, 5) is 14.3. The van der Waals surface area contributed by atoms with Gasteiger partial charge in [-0.1, -0.05) is 91.0 Å². The Bertz CT molecular complexity index is 627. The van der Waals surface area contributed by atoms with Crippen molar-refractivity contribution in [3.8, 4) is 0 Å². The monoisotopic (exact) mass is 380 g/mol. The standard InChI is InChI=1S/C18H15P.ClH.H3O3P/c1-4-10-16(11-5-1)19(17-12-6-2-7-13-17)18-14-8-3-9-15-18;;1-4(2)3/h1-15H;1H;4H,(H2,1,2,3). The van der Waals surface area contributed by atoms with Crippen molar-refractivity contribution in [3.05, 3.63) is 91.0 Å². The molecular weight excluding hydrogens is 362 g/mol. The molecule has 0 atom stereocenters. The van der Waals surface area contributed by atoms with Crippen molar-refractivity contribution in [2.75, 3.05) is 0 Å². The summed E-state index contributed by atoms with van der Waals surface area (Å²) < 4.78 is 8.74. The Morgan fingerprint density at radius 1 is 0.583 bits per heavy atom. The molecule has 0 bridgehead atoms. The zero-order valence-electron chi connectivity index (χ0n) is 12.8. The van der Waals surface area contributed by atoms with Crippen LogP contribution in [-0.4, -0.2) is 9.79 Å². The third kappa shape index (κ3) is 6.57. The van der Waals surface area contributed by atoms with Crippen molar-refractivity contribution in [2.45, 2.75) is 0 Å². The lowest BCUT2D eigenvalue weighted by Crippen LogP contribution is -2.20. The predicted molar refractivity (Wildman–Crippen MR) is 106 cm³/mol. The highest BCUT2D eigenvalue weighted by atomic mass is 35.5. The van der Waals surface area contributed by atoms with E-state index in [2.05, 4.69) is 91.0 Å². The Labute approximate surface area is 150 Å². The average Bonchev–Trinajstić information content (AvgIpc) is 2.58. The molecule has 2 N–H and O–H groups in total. The second-order valence-electron chi connectivity index (χ2n) is 4.62. The summed E-state index contributed by atoms with van der Waals surface area (Å²) in [6.07, 6.45) is 0. The van der Waals surface area contributed by atoms with Crippen LogP contribution in [0.15, 0.2) is 91.0 Å². The number of benzene rings is 3. The molecule has 3 aromatic carbocycles. The van der Waals surface area contributed by atoms with Crippen LogP contribution in [0, 0.1) is 0 Å². The van der Waals surface area contributed by atoms with Crippen molar-refractivity contribution in [3.63, 3.8) is 0 Å². The number of halogens is 1. The summed E-state index contributed by atoms with van der Waals surface area (Å²) in [5, 5.41) is 4.19. The number of rotatable bonds is 3. The van der Waals surface area contributed by atoms with Gasteiger partial charge in [-0.25, -0.2) is 0 Å². The molecule has 0 aliphatic rings. The first-order chi connectivity index (χ1) is 11.2. The van der Waals surface area contributed by atoms with Gasteiger partial charge in [-0.05, 0) is 23.8 Å². The van der Waals surface area contributed by atoms with Gasteiger partial charge < -0.3 is 9.79 Å². The van der Waals surface area contributed by atoms with E-state index in [-0.39, 0.29) is 12.4 Å². The van der Waals surface area contributed by atoms with Gasteiger partial charge in [0.05, 0.1) is 0 Å². The van der Waals surface area contributed by atoms with Gasteiger partial charge in [-0.15, -0.1) is 12.4 Å². The molecule has 3 aromatic rings. The van der Waals surface area contributed by atoms with Crippen molar-refractivity contribution in [1.82, 2.24) is 0 Å². The second-order valence-corrected chi connectivity index (χ2v) is 7.41. The lowest BCUT2D eigenvalue weighted by molar-refractivity contribution is 0.405. The van der Waals surface area contributed by atoms with E-state index in [0.29, 0.717) is 0 Å². The molecule has 0 radical (unpaired) electrons. The molecule has 0 heterocycles. The lowest BCUT2D eigenvalue weighted by atomic mass is 10.4. The van der Waals surface area contributed by atoms with Gasteiger partial charge in [0.15, 0.2) is 0 Å². The fraction of sp³-hybridized carbons (Fsp3) is 0. The minimum Gasteiger partial charge on any atom is -0.326 e. The molecular formula is C18H19ClO3P2. The maximum Gasteiger partial charge on any atom is 0.314 e. The van der Waals surface area contributed by atoms with E-state index >= 15 is 0 Å². The summed E-state index contributed by atoms with van der Waals surface area (Å²) in [6, 6.07) is 32.3. The molecule has 0 fully saturated rings. The highest BCUT2D eigenvalue weighted by Crippen LogP contribution is 2.32. The number of hydrogen-bond donors (Lipinski definition) is 2. The first-order valence-electron chi connectivity index (χ1n) is 7.05. The molecule has 0 saturated carbocycles. The lowest BCUT2D eigenvalue weighted by Gasteiger charge is -2.18. The summed E-state index contributed by atoms with van der Waals surface area (Å²) in [5.41, 5.74) is 0. The molecule has 0 aromatic heterocycles. The smallest absolute Gasteiger partial charge is 0.314 e. The molecule has 0 aliphatic carbocycles. The molecule has 0 spiro atoms. The third-order valence-corrected chi connectivity index (χ3v) is 5.49. The van der Waals surface area contributed by atoms with Gasteiger partial charge in [-0.3, -0.25) is 4.57 Å². The fourth-order valence-electron chi connectivity index (χ4n) is 2.18. The fourth-order valence-corrected chi connectivity index (χ4v) is 4.48. The van der Waals surface area contributed by atoms with Crippen LogP contribution >= 0.6 is 28.6 Å². The molecule has 126 valence electrons. The van der Waals surface area contributed by atoms with E-state index in [0.717, 1.165) is 0 Å². The van der Waals surface area contributed by atoms with Crippen LogP contribution in [0.3, 0.4) is 0 Å². The topological polar surface area (TPSA) is 57.5 Å². The first-order valence-corrected chi connectivity index (χ1v) is 9.70. The van der Waals surface area contributed by atoms with Gasteiger partial charge in [0, 0.05) is 0 Å². The Balaban J connectivity index is 0.000000522. The highest BCUT2D eigenvalue weighted by molar-refractivity contribution is 7.79. The summed E-state index contributed by atoms with van der Waals surface area (Å²) >= 11 is 0. The summed E-state index contributed by atoms with van der Waals surface area (Å²) in [6.45, 7) is 0. The molecule has 0 amide bonds. The van der Waals surface area contributed by atoms with Gasteiger partial charge >= 0.3 is 8.25 Å². The second kappa shape index (κ2) is 11.1. The zero-order valence-corrected chi connectivity index (χ0v) is 15.5. The van der Waals surface area contributed by atoms with Crippen LogP contribution < -0.4 is 15.9 Å².